The molecule has 3 rings (SSSR count). The van der Waals surface area contributed by atoms with E-state index >= 15 is 0 Å². The van der Waals surface area contributed by atoms with E-state index in [0.29, 0.717) is 24.5 Å². The minimum Gasteiger partial charge on any atom is -0.486 e. The van der Waals surface area contributed by atoms with Crippen molar-refractivity contribution in [3.05, 3.63) is 53.1 Å². The van der Waals surface area contributed by atoms with Crippen molar-refractivity contribution < 1.29 is 22.7 Å². The minimum atomic E-state index is -4.09. The fourth-order valence-electron chi connectivity index (χ4n) is 2.57. The Bertz CT molecular complexity index is 918. The topological polar surface area (TPSA) is 98.9 Å². The van der Waals surface area contributed by atoms with E-state index in [4.69, 9.17) is 26.8 Å². The number of hydrogen-bond acceptors (Lipinski definition) is 5. The molecule has 0 unspecified atom stereocenters. The summed E-state index contributed by atoms with van der Waals surface area (Å²) >= 11 is 6.17. The quantitative estimate of drug-likeness (QED) is 0.802. The maximum absolute atomic E-state index is 13.1. The summed E-state index contributed by atoms with van der Waals surface area (Å²) in [5.41, 5.74) is 5.96. The van der Waals surface area contributed by atoms with E-state index in [2.05, 4.69) is 0 Å². The second-order valence-electron chi connectivity index (χ2n) is 5.65. The second kappa shape index (κ2) is 7.53. The molecule has 0 aliphatic carbocycles. The van der Waals surface area contributed by atoms with Gasteiger partial charge < -0.3 is 15.2 Å². The molecule has 2 aromatic rings. The van der Waals surface area contributed by atoms with Crippen molar-refractivity contribution in [2.24, 2.45) is 5.73 Å². The molecule has 9 heteroatoms. The largest absolute Gasteiger partial charge is 0.486 e. The van der Waals surface area contributed by atoms with Gasteiger partial charge in [-0.15, -0.1) is 0 Å². The highest BCUT2D eigenvalue weighted by Crippen LogP contribution is 2.38. The van der Waals surface area contributed by atoms with Gasteiger partial charge in [0, 0.05) is 18.7 Å². The fraction of sp³-hybridized carbons (Fsp3) is 0.235. The van der Waals surface area contributed by atoms with Gasteiger partial charge in [0.1, 0.15) is 18.1 Å². The van der Waals surface area contributed by atoms with Gasteiger partial charge in [-0.3, -0.25) is 4.79 Å². The molecular weight excluding hydrogens is 380 g/mol. The molecule has 26 heavy (non-hydrogen) atoms. The van der Waals surface area contributed by atoms with Gasteiger partial charge in [-0.25, -0.2) is 8.42 Å². The van der Waals surface area contributed by atoms with Crippen LogP contribution >= 0.6 is 11.6 Å². The van der Waals surface area contributed by atoms with Gasteiger partial charge >= 0.3 is 0 Å². The summed E-state index contributed by atoms with van der Waals surface area (Å²) in [5, 5.41) is -0.0169. The number of halogens is 1. The van der Waals surface area contributed by atoms with Crippen molar-refractivity contribution in [3.8, 4) is 11.5 Å². The summed E-state index contributed by atoms with van der Waals surface area (Å²) in [4.78, 5) is 11.3. The third kappa shape index (κ3) is 3.92. The monoisotopic (exact) mass is 396 g/mol. The molecule has 7 nitrogen and oxygen atoms in total. The molecule has 2 N–H and O–H groups in total. The van der Waals surface area contributed by atoms with Crippen LogP contribution in [0.5, 0.6) is 11.5 Å². The molecule has 0 fully saturated rings. The number of nitrogens with two attached hydrogens (primary N) is 1. The summed E-state index contributed by atoms with van der Waals surface area (Å²) < 4.78 is 38.1. The maximum Gasteiger partial charge on any atom is 0.245 e. The van der Waals surface area contributed by atoms with Crippen LogP contribution in [0.25, 0.3) is 0 Å². The lowest BCUT2D eigenvalue weighted by Gasteiger charge is -2.24. The molecule has 0 bridgehead atoms. The van der Waals surface area contributed by atoms with Crippen molar-refractivity contribution in [1.29, 1.82) is 0 Å². The van der Waals surface area contributed by atoms with E-state index < -0.39 is 22.5 Å². The van der Waals surface area contributed by atoms with E-state index in [1.165, 1.54) is 12.1 Å². The van der Waals surface area contributed by atoms with Crippen LogP contribution in [-0.4, -0.2) is 38.4 Å². The highest BCUT2D eigenvalue weighted by atomic mass is 35.5. The number of benzene rings is 2. The Morgan fingerprint density at radius 3 is 2.35 bits per heavy atom. The molecule has 1 heterocycles. The number of nitrogens with zero attached hydrogens (tertiary/aromatic N) is 1. The average Bonchev–Trinajstić information content (AvgIpc) is 2.61. The zero-order valence-corrected chi connectivity index (χ0v) is 15.3. The van der Waals surface area contributed by atoms with Crippen molar-refractivity contribution in [3.63, 3.8) is 0 Å². The van der Waals surface area contributed by atoms with Crippen molar-refractivity contribution >= 4 is 27.5 Å². The molecule has 1 aliphatic rings. The number of amides is 1. The van der Waals surface area contributed by atoms with Crippen LogP contribution in [0.2, 0.25) is 5.02 Å². The van der Waals surface area contributed by atoms with Crippen LogP contribution in [0.1, 0.15) is 5.56 Å². The Hall–Kier alpha value is -2.29. The average molecular weight is 397 g/mol. The number of ether oxygens (including phenoxy) is 2. The number of hydrogen-bond donors (Lipinski definition) is 1. The lowest BCUT2D eigenvalue weighted by Crippen LogP contribution is -2.38. The van der Waals surface area contributed by atoms with Gasteiger partial charge in [0.05, 0.1) is 11.6 Å². The van der Waals surface area contributed by atoms with Gasteiger partial charge in [0.2, 0.25) is 15.9 Å². The predicted octanol–water partition coefficient (Wildman–Crippen LogP) is 1.79. The molecule has 1 amide bonds. The molecule has 0 spiro atoms. The van der Waals surface area contributed by atoms with Gasteiger partial charge in [0.15, 0.2) is 11.5 Å². The van der Waals surface area contributed by atoms with Crippen LogP contribution in [-0.2, 0) is 21.4 Å². The summed E-state index contributed by atoms with van der Waals surface area (Å²) in [6, 6.07) is 11.6. The lowest BCUT2D eigenvalue weighted by atomic mass is 10.2. The first-order valence-electron chi connectivity index (χ1n) is 7.79. The van der Waals surface area contributed by atoms with Gasteiger partial charge in [-0.2, -0.15) is 4.31 Å². The summed E-state index contributed by atoms with van der Waals surface area (Å²) in [6.45, 7) is 0.180. The first-order chi connectivity index (χ1) is 12.4. The second-order valence-corrected chi connectivity index (χ2v) is 7.96. The first-order valence-corrected chi connectivity index (χ1v) is 9.61. The zero-order valence-electron chi connectivity index (χ0n) is 13.7. The van der Waals surface area contributed by atoms with Crippen molar-refractivity contribution in [2.45, 2.75) is 11.4 Å². The standard InChI is InChI=1S/C17H17ClN2O5S/c18-13-8-14-15(25-7-6-24-14)9-16(13)26(22,23)20(11-17(19)21)10-12-4-2-1-3-5-12/h1-5,8-9H,6-7,10-11H2,(H2,19,21). The fourth-order valence-corrected chi connectivity index (χ4v) is 4.47. The normalized spacial score (nSPS) is 13.6. The maximum atomic E-state index is 13.1. The summed E-state index contributed by atoms with van der Waals surface area (Å²) in [6.07, 6.45) is 0. The van der Waals surface area contributed by atoms with Crippen LogP contribution in [0.15, 0.2) is 47.4 Å². The molecule has 0 aromatic heterocycles. The van der Waals surface area contributed by atoms with Gasteiger partial charge in [-0.1, -0.05) is 41.9 Å². The van der Waals surface area contributed by atoms with Gasteiger partial charge in [0.25, 0.3) is 0 Å². The number of fused-ring (bicyclic) bond motifs is 1. The molecule has 1 aliphatic heterocycles. The number of carbonyl (C=O) groups is 1. The lowest BCUT2D eigenvalue weighted by molar-refractivity contribution is -0.118. The molecule has 0 radical (unpaired) electrons. The molecule has 0 saturated carbocycles. The minimum absolute atomic E-state index is 0.0169. The molecule has 138 valence electrons. The Kier molecular flexibility index (Phi) is 5.36. The third-order valence-corrected chi connectivity index (χ3v) is 6.00. The Balaban J connectivity index is 2.00. The van der Waals surface area contributed by atoms with Crippen LogP contribution in [0, 0.1) is 0 Å². The Morgan fingerprint density at radius 1 is 1.12 bits per heavy atom. The number of rotatable bonds is 6. The van der Waals surface area contributed by atoms with E-state index in [1.54, 1.807) is 24.3 Å². The van der Waals surface area contributed by atoms with E-state index in [-0.39, 0.29) is 22.2 Å². The summed E-state index contributed by atoms with van der Waals surface area (Å²) in [5.74, 6) is -0.0964. The van der Waals surface area contributed by atoms with E-state index in [1.807, 2.05) is 6.07 Å². The number of primary amides is 1. The van der Waals surface area contributed by atoms with Crippen molar-refractivity contribution in [1.82, 2.24) is 4.31 Å². The van der Waals surface area contributed by atoms with Crippen LogP contribution in [0.4, 0.5) is 0 Å². The summed E-state index contributed by atoms with van der Waals surface area (Å²) in [7, 11) is -4.09. The van der Waals surface area contributed by atoms with E-state index in [9.17, 15) is 13.2 Å². The zero-order chi connectivity index (χ0) is 18.7. The van der Waals surface area contributed by atoms with Crippen LogP contribution < -0.4 is 15.2 Å². The van der Waals surface area contributed by atoms with E-state index in [0.717, 1.165) is 4.31 Å². The van der Waals surface area contributed by atoms with Crippen LogP contribution in [0.3, 0.4) is 0 Å². The van der Waals surface area contributed by atoms with Gasteiger partial charge in [-0.05, 0) is 5.56 Å². The SMILES string of the molecule is NC(=O)CN(Cc1ccccc1)S(=O)(=O)c1cc2c(cc1Cl)OCCO2. The highest BCUT2D eigenvalue weighted by Gasteiger charge is 2.30. The predicted molar refractivity (Wildman–Crippen MR) is 95.7 cm³/mol. The Morgan fingerprint density at radius 2 is 1.73 bits per heavy atom. The Labute approximate surface area is 156 Å². The smallest absolute Gasteiger partial charge is 0.245 e. The third-order valence-electron chi connectivity index (χ3n) is 3.75. The molecule has 0 saturated heterocycles. The molecule has 0 atom stereocenters. The number of sulfonamides is 1. The molecular formula is C17H17ClN2O5S. The first kappa shape index (κ1) is 18.5. The highest BCUT2D eigenvalue weighted by molar-refractivity contribution is 7.89. The number of carbonyl (C=O) groups excluding carboxylic acids is 1. The molecule has 2 aromatic carbocycles. The van der Waals surface area contributed by atoms with Crippen molar-refractivity contribution in [2.75, 3.05) is 19.8 Å².